The minimum Gasteiger partial charge on any atom is -0.493 e. The van der Waals surface area contributed by atoms with Gasteiger partial charge in [0.2, 0.25) is 0 Å². The third-order valence-electron chi connectivity index (χ3n) is 5.09. The molecule has 1 aromatic carbocycles. The van der Waals surface area contributed by atoms with Gasteiger partial charge in [-0.1, -0.05) is 17.8 Å². The van der Waals surface area contributed by atoms with Gasteiger partial charge in [0.05, 0.1) is 20.3 Å². The van der Waals surface area contributed by atoms with E-state index < -0.39 is 0 Å². The quantitative estimate of drug-likeness (QED) is 0.750. The van der Waals surface area contributed by atoms with Gasteiger partial charge in [0.15, 0.2) is 16.7 Å². The van der Waals surface area contributed by atoms with Crippen LogP contribution >= 0.6 is 11.8 Å². The minimum absolute atomic E-state index is 0.0932. The Balaban J connectivity index is 1.66. The molecule has 4 rings (SSSR count). The molecule has 0 spiro atoms. The molecule has 0 aliphatic carbocycles. The number of hydrogen-bond donors (Lipinski definition) is 0. The summed E-state index contributed by atoms with van der Waals surface area (Å²) in [4.78, 5) is 31.9. The second kappa shape index (κ2) is 7.26. The Morgan fingerprint density at radius 1 is 1.22 bits per heavy atom. The number of thioether (sulfide) groups is 1. The molecule has 1 fully saturated rings. The number of likely N-dealkylation sites (tertiary alicyclic amines) is 1. The smallest absolute Gasteiger partial charge is 0.267 e. The maximum absolute atomic E-state index is 13.1. The van der Waals surface area contributed by atoms with E-state index in [0.717, 1.165) is 24.2 Å². The van der Waals surface area contributed by atoms with Crippen molar-refractivity contribution in [3.8, 4) is 11.5 Å². The molecule has 1 amide bonds. The standard InChI is InChI=1S/C19H21N3O4S/c1-25-15-6-5-12(10-16(15)26-2)14-4-3-7-21(14)17(23)13-11-20-19-22(18(13)24)8-9-27-19/h5-6,10-11,14H,3-4,7-9H2,1-2H3/t14-/m0/s1. The third-order valence-corrected chi connectivity index (χ3v) is 6.06. The lowest BCUT2D eigenvalue weighted by Crippen LogP contribution is -2.36. The van der Waals surface area contributed by atoms with Crippen LogP contribution in [0.3, 0.4) is 0 Å². The summed E-state index contributed by atoms with van der Waals surface area (Å²) in [5, 5.41) is 0.689. The number of amides is 1. The molecule has 0 N–H and O–H groups in total. The van der Waals surface area contributed by atoms with E-state index in [1.165, 1.54) is 6.20 Å². The van der Waals surface area contributed by atoms with Crippen molar-refractivity contribution < 1.29 is 14.3 Å². The molecule has 2 aliphatic heterocycles. The normalized spacial score (nSPS) is 18.4. The van der Waals surface area contributed by atoms with Crippen LogP contribution in [0.15, 0.2) is 34.3 Å². The number of fused-ring (bicyclic) bond motifs is 1. The number of benzene rings is 1. The summed E-state index contributed by atoms with van der Waals surface area (Å²) < 4.78 is 12.3. The number of nitrogens with zero attached hydrogens (tertiary/aromatic N) is 3. The van der Waals surface area contributed by atoms with E-state index in [4.69, 9.17) is 9.47 Å². The van der Waals surface area contributed by atoms with Crippen LogP contribution in [0.25, 0.3) is 0 Å². The SMILES string of the molecule is COc1ccc([C@@H]2CCCN2C(=O)c2cnc3n(c2=O)CCS3)cc1OC. The predicted octanol–water partition coefficient (Wildman–Crippen LogP) is 2.34. The summed E-state index contributed by atoms with van der Waals surface area (Å²) in [6.45, 7) is 1.22. The van der Waals surface area contributed by atoms with Crippen LogP contribution in [0, 0.1) is 0 Å². The van der Waals surface area contributed by atoms with Crippen LogP contribution in [0.4, 0.5) is 0 Å². The fraction of sp³-hybridized carbons (Fsp3) is 0.421. The summed E-state index contributed by atoms with van der Waals surface area (Å²) in [7, 11) is 3.18. The van der Waals surface area contributed by atoms with Crippen molar-refractivity contribution in [2.24, 2.45) is 0 Å². The molecule has 1 saturated heterocycles. The van der Waals surface area contributed by atoms with Crippen molar-refractivity contribution in [1.29, 1.82) is 0 Å². The summed E-state index contributed by atoms with van der Waals surface area (Å²) in [6.07, 6.45) is 3.16. The van der Waals surface area contributed by atoms with E-state index in [-0.39, 0.29) is 23.1 Å². The highest BCUT2D eigenvalue weighted by Gasteiger charge is 2.33. The van der Waals surface area contributed by atoms with Crippen LogP contribution in [-0.4, -0.2) is 46.9 Å². The number of rotatable bonds is 4. The Morgan fingerprint density at radius 2 is 2.04 bits per heavy atom. The van der Waals surface area contributed by atoms with Crippen molar-refractivity contribution >= 4 is 17.7 Å². The first-order valence-corrected chi connectivity index (χ1v) is 9.88. The van der Waals surface area contributed by atoms with Crippen molar-refractivity contribution in [3.05, 3.63) is 45.9 Å². The maximum atomic E-state index is 13.1. The lowest BCUT2D eigenvalue weighted by Gasteiger charge is -2.25. The van der Waals surface area contributed by atoms with Crippen LogP contribution < -0.4 is 15.0 Å². The van der Waals surface area contributed by atoms with E-state index >= 15 is 0 Å². The average molecular weight is 387 g/mol. The Bertz CT molecular complexity index is 943. The van der Waals surface area contributed by atoms with E-state index in [9.17, 15) is 9.59 Å². The number of carbonyl (C=O) groups is 1. The Kier molecular flexibility index (Phi) is 4.82. The molecule has 8 heteroatoms. The second-order valence-electron chi connectivity index (χ2n) is 6.53. The molecule has 3 heterocycles. The Hall–Kier alpha value is -2.48. The van der Waals surface area contributed by atoms with E-state index in [2.05, 4.69) is 4.98 Å². The molecule has 1 aromatic heterocycles. The maximum Gasteiger partial charge on any atom is 0.267 e. The van der Waals surface area contributed by atoms with Crippen LogP contribution in [0.5, 0.6) is 11.5 Å². The molecule has 27 heavy (non-hydrogen) atoms. The second-order valence-corrected chi connectivity index (χ2v) is 7.59. The number of methoxy groups -OCH3 is 2. The zero-order valence-corrected chi connectivity index (χ0v) is 16.1. The van der Waals surface area contributed by atoms with E-state index in [1.54, 1.807) is 35.4 Å². The molecular weight excluding hydrogens is 366 g/mol. The van der Waals surface area contributed by atoms with Gasteiger partial charge in [-0.15, -0.1) is 0 Å². The molecule has 0 saturated carbocycles. The molecule has 7 nitrogen and oxygen atoms in total. The van der Waals surface area contributed by atoms with Gasteiger partial charge in [-0.3, -0.25) is 14.2 Å². The number of hydrogen-bond acceptors (Lipinski definition) is 6. The van der Waals surface area contributed by atoms with E-state index in [0.29, 0.717) is 29.7 Å². The number of ether oxygens (including phenoxy) is 2. The highest BCUT2D eigenvalue weighted by Crippen LogP contribution is 2.37. The highest BCUT2D eigenvalue weighted by molar-refractivity contribution is 7.99. The van der Waals surface area contributed by atoms with Gasteiger partial charge >= 0.3 is 0 Å². The summed E-state index contributed by atoms with van der Waals surface area (Å²) >= 11 is 1.54. The van der Waals surface area contributed by atoms with Crippen LogP contribution in [0.1, 0.15) is 34.8 Å². The minimum atomic E-state index is -0.253. The summed E-state index contributed by atoms with van der Waals surface area (Å²) in [5.74, 6) is 1.84. The topological polar surface area (TPSA) is 73.7 Å². The van der Waals surface area contributed by atoms with Gasteiger partial charge in [-0.05, 0) is 30.5 Å². The first-order valence-electron chi connectivity index (χ1n) is 8.89. The zero-order chi connectivity index (χ0) is 19.0. The molecule has 142 valence electrons. The fourth-order valence-corrected chi connectivity index (χ4v) is 4.65. The van der Waals surface area contributed by atoms with Gasteiger partial charge < -0.3 is 14.4 Å². The predicted molar refractivity (Wildman–Crippen MR) is 102 cm³/mol. The third kappa shape index (κ3) is 3.07. The molecule has 2 aromatic rings. The number of carbonyl (C=O) groups excluding carboxylic acids is 1. The fourth-order valence-electron chi connectivity index (χ4n) is 3.74. The van der Waals surface area contributed by atoms with Crippen molar-refractivity contribution in [2.75, 3.05) is 26.5 Å². The first kappa shape index (κ1) is 17.9. The van der Waals surface area contributed by atoms with Crippen LogP contribution in [-0.2, 0) is 6.54 Å². The van der Waals surface area contributed by atoms with Crippen LogP contribution in [0.2, 0.25) is 0 Å². The lowest BCUT2D eigenvalue weighted by molar-refractivity contribution is 0.0732. The van der Waals surface area contributed by atoms with E-state index in [1.807, 2.05) is 18.2 Å². The van der Waals surface area contributed by atoms with Gasteiger partial charge in [-0.2, -0.15) is 0 Å². The number of aromatic nitrogens is 2. The molecular formula is C19H21N3O4S. The van der Waals surface area contributed by atoms with Crippen molar-refractivity contribution in [2.45, 2.75) is 30.6 Å². The zero-order valence-electron chi connectivity index (χ0n) is 15.3. The largest absolute Gasteiger partial charge is 0.493 e. The van der Waals surface area contributed by atoms with Gasteiger partial charge in [0.25, 0.3) is 11.5 Å². The molecule has 0 unspecified atom stereocenters. The highest BCUT2D eigenvalue weighted by atomic mass is 32.2. The molecule has 0 bridgehead atoms. The monoisotopic (exact) mass is 387 g/mol. The summed E-state index contributed by atoms with van der Waals surface area (Å²) in [6, 6.07) is 5.60. The average Bonchev–Trinajstić information content (AvgIpc) is 3.37. The molecule has 2 aliphatic rings. The first-order chi connectivity index (χ1) is 13.1. The van der Waals surface area contributed by atoms with Gasteiger partial charge in [-0.25, -0.2) is 4.98 Å². The molecule has 1 atom stereocenters. The van der Waals surface area contributed by atoms with Gasteiger partial charge in [0.1, 0.15) is 5.56 Å². The van der Waals surface area contributed by atoms with Crippen molar-refractivity contribution in [3.63, 3.8) is 0 Å². The molecule has 0 radical (unpaired) electrons. The Morgan fingerprint density at radius 3 is 2.81 bits per heavy atom. The Labute approximate surface area is 161 Å². The lowest BCUT2D eigenvalue weighted by atomic mass is 10.0. The summed E-state index contributed by atoms with van der Waals surface area (Å²) in [5.41, 5.74) is 0.880. The van der Waals surface area contributed by atoms with Crippen molar-refractivity contribution in [1.82, 2.24) is 14.5 Å². The van der Waals surface area contributed by atoms with Gasteiger partial charge in [0, 0.05) is 25.0 Å².